The lowest BCUT2D eigenvalue weighted by Crippen LogP contribution is -2.47. The van der Waals surface area contributed by atoms with E-state index in [9.17, 15) is 14.0 Å². The van der Waals surface area contributed by atoms with E-state index in [-0.39, 0.29) is 17.5 Å². The van der Waals surface area contributed by atoms with Gasteiger partial charge in [-0.3, -0.25) is 9.79 Å². The number of carbonyl (C=O) groups is 2. The Hall–Kier alpha value is -1.98. The minimum absolute atomic E-state index is 0.0138. The number of amides is 1. The maximum Gasteiger partial charge on any atom is 0.418 e. The summed E-state index contributed by atoms with van der Waals surface area (Å²) < 4.78 is 44.7. The van der Waals surface area contributed by atoms with Crippen LogP contribution >= 0.6 is 11.8 Å². The van der Waals surface area contributed by atoms with Gasteiger partial charge in [0.1, 0.15) is 17.1 Å². The smallest absolute Gasteiger partial charge is 0.418 e. The molecule has 1 saturated carbocycles. The lowest BCUT2D eigenvalue weighted by Gasteiger charge is -2.37. The Morgan fingerprint density at radius 3 is 2.50 bits per heavy atom. The minimum atomic E-state index is -1.38. The van der Waals surface area contributed by atoms with Crippen molar-refractivity contribution >= 4 is 37.1 Å². The molecule has 0 aromatic heterocycles. The normalized spacial score (nSPS) is 25.5. The van der Waals surface area contributed by atoms with Crippen molar-refractivity contribution in [3.8, 4) is 0 Å². The Morgan fingerprint density at radius 2 is 1.92 bits per heavy atom. The van der Waals surface area contributed by atoms with Crippen LogP contribution in [-0.2, 0) is 24.5 Å². The average molecular weight is 543 g/mol. The van der Waals surface area contributed by atoms with Gasteiger partial charge in [0.25, 0.3) is 0 Å². The summed E-state index contributed by atoms with van der Waals surface area (Å²) in [5.74, 6) is -2.99. The number of halogens is 2. The first-order chi connectivity index (χ1) is 16.5. The van der Waals surface area contributed by atoms with E-state index in [4.69, 9.17) is 19.2 Å². The number of methoxy groups -OCH3 is 1. The molecule has 1 heterocycles. The highest BCUT2D eigenvalue weighted by molar-refractivity contribution is 8.15. The van der Waals surface area contributed by atoms with Crippen LogP contribution < -0.4 is 0 Å². The molecule has 0 bridgehead atoms. The third kappa shape index (κ3) is 5.94. The van der Waals surface area contributed by atoms with Crippen molar-refractivity contribution in [1.29, 1.82) is 0 Å². The monoisotopic (exact) mass is 542 g/mol. The van der Waals surface area contributed by atoms with E-state index in [0.29, 0.717) is 13.0 Å². The molecule has 1 aliphatic carbocycles. The lowest BCUT2D eigenvalue weighted by molar-refractivity contribution is -0.141. The van der Waals surface area contributed by atoms with Crippen molar-refractivity contribution in [2.45, 2.75) is 75.7 Å². The number of benzene rings is 1. The number of fused-ring (bicyclic) bond motifs is 1. The van der Waals surface area contributed by atoms with Crippen LogP contribution in [0.2, 0.25) is 25.7 Å². The highest BCUT2D eigenvalue weighted by Crippen LogP contribution is 2.67. The molecule has 1 amide bonds. The SMILES string of the molecule is COC(=O)[C@]12C[C@H]1[C@@](C)(c1cccc(F)c1F)N=C(N(COCC[Si](C)(C)C)C(=O)OC(C)(C)C)S2. The van der Waals surface area contributed by atoms with Crippen LogP contribution in [0.15, 0.2) is 23.2 Å². The standard InChI is InChI=1S/C25H36F2N2O5SSi/c1-23(2,3)34-22(31)29(15-33-12-13-36(6,7)8)21-28-24(4,16-10-9-11-17(26)19(16)27)18-14-25(18,35-21)20(30)32-5/h9-11,18H,12-15H2,1-8H3/t18-,24+,25-/m0/s1. The number of carbonyl (C=O) groups excluding carboxylic acids is 2. The summed E-state index contributed by atoms with van der Waals surface area (Å²) in [6.45, 7) is 13.8. The predicted molar refractivity (Wildman–Crippen MR) is 139 cm³/mol. The van der Waals surface area contributed by atoms with Gasteiger partial charge in [0.05, 0.1) is 12.6 Å². The zero-order chi connectivity index (χ0) is 27.1. The zero-order valence-electron chi connectivity index (χ0n) is 22.2. The van der Waals surface area contributed by atoms with Crippen LogP contribution in [0.3, 0.4) is 0 Å². The Morgan fingerprint density at radius 1 is 1.25 bits per heavy atom. The van der Waals surface area contributed by atoms with Gasteiger partial charge in [-0.25, -0.2) is 18.5 Å². The molecular weight excluding hydrogens is 506 g/mol. The van der Waals surface area contributed by atoms with Crippen LogP contribution in [0.1, 0.15) is 39.7 Å². The highest BCUT2D eigenvalue weighted by Gasteiger charge is 2.72. The molecule has 0 radical (unpaired) electrons. The van der Waals surface area contributed by atoms with Gasteiger partial charge in [0.2, 0.25) is 0 Å². The molecule has 1 aromatic rings. The number of hydrogen-bond acceptors (Lipinski definition) is 7. The molecule has 0 N–H and O–H groups in total. The summed E-state index contributed by atoms with van der Waals surface area (Å²) in [7, 11) is -0.101. The topological polar surface area (TPSA) is 77.4 Å². The molecule has 0 spiro atoms. The fraction of sp³-hybridized carbons (Fsp3) is 0.640. The zero-order valence-corrected chi connectivity index (χ0v) is 24.1. The number of rotatable bonds is 7. The second-order valence-corrected chi connectivity index (χ2v) is 18.6. The van der Waals surface area contributed by atoms with Gasteiger partial charge in [0.15, 0.2) is 16.8 Å². The molecule has 1 fully saturated rings. The molecule has 200 valence electrons. The number of esters is 1. The fourth-order valence-electron chi connectivity index (χ4n) is 4.21. The van der Waals surface area contributed by atoms with Gasteiger partial charge in [0, 0.05) is 26.2 Å². The van der Waals surface area contributed by atoms with E-state index in [1.54, 1.807) is 27.7 Å². The first kappa shape index (κ1) is 28.6. The van der Waals surface area contributed by atoms with Crippen molar-refractivity contribution in [1.82, 2.24) is 4.90 Å². The Kier molecular flexibility index (Phi) is 7.98. The van der Waals surface area contributed by atoms with Gasteiger partial charge in [-0.05, 0) is 46.2 Å². The van der Waals surface area contributed by atoms with Crippen LogP contribution in [0.4, 0.5) is 13.6 Å². The summed E-state index contributed by atoms with van der Waals surface area (Å²) in [6, 6.07) is 4.78. The minimum Gasteiger partial charge on any atom is -0.468 e. The van der Waals surface area contributed by atoms with E-state index in [2.05, 4.69) is 19.6 Å². The molecule has 36 heavy (non-hydrogen) atoms. The van der Waals surface area contributed by atoms with Crippen molar-refractivity contribution in [2.75, 3.05) is 20.4 Å². The average Bonchev–Trinajstić information content (AvgIpc) is 3.50. The van der Waals surface area contributed by atoms with Crippen LogP contribution in [0, 0.1) is 17.6 Å². The van der Waals surface area contributed by atoms with Crippen LogP contribution in [0.25, 0.3) is 0 Å². The second-order valence-electron chi connectivity index (χ2n) is 11.6. The maximum absolute atomic E-state index is 15.0. The summed E-state index contributed by atoms with van der Waals surface area (Å²) >= 11 is 1.09. The van der Waals surface area contributed by atoms with E-state index < -0.39 is 53.6 Å². The van der Waals surface area contributed by atoms with Gasteiger partial charge in [-0.2, -0.15) is 0 Å². The van der Waals surface area contributed by atoms with Crippen molar-refractivity contribution in [2.24, 2.45) is 10.9 Å². The van der Waals surface area contributed by atoms with E-state index in [0.717, 1.165) is 23.9 Å². The molecule has 7 nitrogen and oxygen atoms in total. The Balaban J connectivity index is 2.05. The molecular formula is C25H36F2N2O5SSi. The summed E-state index contributed by atoms with van der Waals surface area (Å²) in [4.78, 5) is 32.2. The van der Waals surface area contributed by atoms with E-state index in [1.165, 1.54) is 24.1 Å². The van der Waals surface area contributed by atoms with E-state index in [1.807, 2.05) is 0 Å². The Bertz CT molecular complexity index is 1060. The summed E-state index contributed by atoms with van der Waals surface area (Å²) in [6.07, 6.45) is -0.370. The molecule has 3 atom stereocenters. The van der Waals surface area contributed by atoms with Crippen LogP contribution in [-0.4, -0.2) is 61.0 Å². The summed E-state index contributed by atoms with van der Waals surface area (Å²) in [5, 5.41) is 0.141. The highest BCUT2D eigenvalue weighted by atomic mass is 32.2. The fourth-order valence-corrected chi connectivity index (χ4v) is 6.55. The molecule has 2 aliphatic rings. The molecule has 1 aromatic carbocycles. The first-order valence-corrected chi connectivity index (χ1v) is 16.5. The number of nitrogens with zero attached hydrogens (tertiary/aromatic N) is 2. The summed E-state index contributed by atoms with van der Waals surface area (Å²) in [5.41, 5.74) is -2.10. The first-order valence-electron chi connectivity index (χ1n) is 11.9. The van der Waals surface area contributed by atoms with E-state index >= 15 is 4.39 Å². The van der Waals surface area contributed by atoms with Gasteiger partial charge >= 0.3 is 12.1 Å². The third-order valence-corrected chi connectivity index (χ3v) is 9.46. The number of aliphatic imine (C=N–C) groups is 1. The quantitative estimate of drug-likeness (QED) is 0.189. The van der Waals surface area contributed by atoms with Crippen molar-refractivity contribution in [3.05, 3.63) is 35.4 Å². The lowest BCUT2D eigenvalue weighted by atomic mass is 9.85. The number of ether oxygens (including phenoxy) is 3. The molecule has 0 saturated heterocycles. The predicted octanol–water partition coefficient (Wildman–Crippen LogP) is 5.76. The maximum atomic E-state index is 15.0. The number of thioether (sulfide) groups is 1. The van der Waals surface area contributed by atoms with Gasteiger partial charge in [-0.15, -0.1) is 0 Å². The molecule has 1 aliphatic heterocycles. The number of hydrogen-bond donors (Lipinski definition) is 0. The molecule has 0 unspecified atom stereocenters. The molecule has 3 rings (SSSR count). The van der Waals surface area contributed by atoms with Crippen molar-refractivity contribution < 1.29 is 32.6 Å². The third-order valence-electron chi connectivity index (χ3n) is 6.28. The van der Waals surface area contributed by atoms with Gasteiger partial charge in [-0.1, -0.05) is 43.5 Å². The van der Waals surface area contributed by atoms with Crippen LogP contribution in [0.5, 0.6) is 0 Å². The van der Waals surface area contributed by atoms with Crippen molar-refractivity contribution in [3.63, 3.8) is 0 Å². The molecule has 11 heteroatoms. The number of amidine groups is 1. The van der Waals surface area contributed by atoms with Gasteiger partial charge < -0.3 is 14.2 Å². The second kappa shape index (κ2) is 10.1. The Labute approximate surface area is 217 Å². The largest absolute Gasteiger partial charge is 0.468 e.